The molecule has 19 heavy (non-hydrogen) atoms. The van der Waals surface area contributed by atoms with Crippen LogP contribution < -0.4 is 4.90 Å². The molecule has 0 unspecified atom stereocenters. The summed E-state index contributed by atoms with van der Waals surface area (Å²) in [4.78, 5) is 2.08. The second-order valence-electron chi connectivity index (χ2n) is 4.61. The van der Waals surface area contributed by atoms with Gasteiger partial charge in [-0.25, -0.2) is 0 Å². The summed E-state index contributed by atoms with van der Waals surface area (Å²) in [6, 6.07) is 15.9. The predicted molar refractivity (Wildman–Crippen MR) is 73.2 cm³/mol. The van der Waals surface area contributed by atoms with E-state index in [0.717, 1.165) is 22.5 Å². The lowest BCUT2D eigenvalue weighted by Crippen LogP contribution is -2.19. The lowest BCUT2D eigenvalue weighted by Gasteiger charge is -2.30. The number of nitrogens with zero attached hydrogens (tertiary/aromatic N) is 3. The molecular weight excluding hydrogens is 234 g/mol. The first-order chi connectivity index (χ1) is 9.24. The molecule has 0 radical (unpaired) electrons. The number of hydrogen-bond acceptors (Lipinski definition) is 3. The van der Waals surface area contributed by atoms with Gasteiger partial charge in [-0.3, -0.25) is 0 Å². The van der Waals surface area contributed by atoms with Crippen molar-refractivity contribution >= 4 is 11.4 Å². The van der Waals surface area contributed by atoms with Gasteiger partial charge in [0.25, 0.3) is 0 Å². The van der Waals surface area contributed by atoms with Crippen molar-refractivity contribution in [3.05, 3.63) is 58.7 Å². The zero-order chi connectivity index (χ0) is 13.4. The fraction of sp³-hybridized carbons (Fsp3) is 0.125. The SMILES string of the molecule is CN1c2ccc(C#N)cc2Cc2c(C#N)cccc21. The van der Waals surface area contributed by atoms with Crippen molar-refractivity contribution in [3.63, 3.8) is 0 Å². The minimum atomic E-state index is 0.657. The molecule has 3 heteroatoms. The van der Waals surface area contributed by atoms with E-state index in [1.165, 1.54) is 0 Å². The van der Waals surface area contributed by atoms with Gasteiger partial charge in [-0.15, -0.1) is 0 Å². The van der Waals surface area contributed by atoms with Crippen molar-refractivity contribution in [3.8, 4) is 12.1 Å². The first-order valence-electron chi connectivity index (χ1n) is 6.03. The molecule has 0 bridgehead atoms. The lowest BCUT2D eigenvalue weighted by atomic mass is 9.92. The Hall–Kier alpha value is -2.78. The van der Waals surface area contributed by atoms with E-state index >= 15 is 0 Å². The minimum Gasteiger partial charge on any atom is -0.344 e. The second kappa shape index (κ2) is 4.15. The van der Waals surface area contributed by atoms with Gasteiger partial charge in [-0.05, 0) is 41.5 Å². The summed E-state index contributed by atoms with van der Waals surface area (Å²) in [5, 5.41) is 18.2. The second-order valence-corrected chi connectivity index (χ2v) is 4.61. The van der Waals surface area contributed by atoms with Gasteiger partial charge in [0.2, 0.25) is 0 Å². The number of rotatable bonds is 0. The molecular formula is C16H11N3. The monoisotopic (exact) mass is 245 g/mol. The molecule has 0 aromatic heterocycles. The number of anilines is 2. The Kier molecular flexibility index (Phi) is 2.47. The van der Waals surface area contributed by atoms with E-state index in [1.807, 2.05) is 43.4 Å². The highest BCUT2D eigenvalue weighted by atomic mass is 15.1. The van der Waals surface area contributed by atoms with Crippen molar-refractivity contribution in [2.75, 3.05) is 11.9 Å². The van der Waals surface area contributed by atoms with Crippen molar-refractivity contribution in [1.82, 2.24) is 0 Å². The molecule has 3 rings (SSSR count). The molecule has 0 saturated heterocycles. The van der Waals surface area contributed by atoms with E-state index in [1.54, 1.807) is 0 Å². The van der Waals surface area contributed by atoms with Crippen molar-refractivity contribution in [2.45, 2.75) is 6.42 Å². The van der Waals surface area contributed by atoms with Gasteiger partial charge in [0.05, 0.1) is 23.3 Å². The van der Waals surface area contributed by atoms with Gasteiger partial charge in [-0.1, -0.05) is 6.07 Å². The number of fused-ring (bicyclic) bond motifs is 2. The van der Waals surface area contributed by atoms with Crippen molar-refractivity contribution in [1.29, 1.82) is 10.5 Å². The van der Waals surface area contributed by atoms with E-state index < -0.39 is 0 Å². The molecule has 0 atom stereocenters. The summed E-state index contributed by atoms with van der Waals surface area (Å²) in [6.07, 6.45) is 0.703. The highest BCUT2D eigenvalue weighted by Crippen LogP contribution is 2.38. The average molecular weight is 245 g/mol. The van der Waals surface area contributed by atoms with E-state index in [9.17, 15) is 5.26 Å². The van der Waals surface area contributed by atoms with Crippen LogP contribution in [-0.4, -0.2) is 7.05 Å². The summed E-state index contributed by atoms with van der Waals surface area (Å²) >= 11 is 0. The van der Waals surface area contributed by atoms with E-state index in [0.29, 0.717) is 17.5 Å². The Morgan fingerprint density at radius 2 is 1.89 bits per heavy atom. The Balaban J connectivity index is 2.21. The van der Waals surface area contributed by atoms with Crippen LogP contribution in [-0.2, 0) is 6.42 Å². The fourth-order valence-electron chi connectivity index (χ4n) is 2.62. The van der Waals surface area contributed by atoms with Gasteiger partial charge >= 0.3 is 0 Å². The van der Waals surface area contributed by atoms with Crippen LogP contribution in [0, 0.1) is 22.7 Å². The highest BCUT2D eigenvalue weighted by Gasteiger charge is 2.22. The Bertz CT molecular complexity index is 748. The third kappa shape index (κ3) is 1.64. The highest BCUT2D eigenvalue weighted by molar-refractivity contribution is 5.76. The molecule has 0 spiro atoms. The first kappa shape index (κ1) is 11.3. The lowest BCUT2D eigenvalue weighted by molar-refractivity contribution is 1.05. The zero-order valence-electron chi connectivity index (χ0n) is 10.5. The fourth-order valence-corrected chi connectivity index (χ4v) is 2.62. The molecule has 2 aromatic carbocycles. The summed E-state index contributed by atoms with van der Waals surface area (Å²) in [5.41, 5.74) is 5.66. The predicted octanol–water partition coefficient (Wildman–Crippen LogP) is 3.10. The first-order valence-corrected chi connectivity index (χ1v) is 6.03. The number of hydrogen-bond donors (Lipinski definition) is 0. The molecule has 0 aliphatic carbocycles. The van der Waals surface area contributed by atoms with E-state index in [4.69, 9.17) is 5.26 Å². The Labute approximate surface area is 111 Å². The van der Waals surface area contributed by atoms with Gasteiger partial charge in [0.15, 0.2) is 0 Å². The van der Waals surface area contributed by atoms with Gasteiger partial charge < -0.3 is 4.90 Å². The quantitative estimate of drug-likeness (QED) is 0.716. The van der Waals surface area contributed by atoms with Crippen LogP contribution in [0.15, 0.2) is 36.4 Å². The summed E-state index contributed by atoms with van der Waals surface area (Å²) in [6.45, 7) is 0. The Morgan fingerprint density at radius 3 is 2.63 bits per heavy atom. The zero-order valence-corrected chi connectivity index (χ0v) is 10.5. The molecule has 1 heterocycles. The Morgan fingerprint density at radius 1 is 1.05 bits per heavy atom. The van der Waals surface area contributed by atoms with E-state index in [-0.39, 0.29) is 0 Å². The summed E-state index contributed by atoms with van der Waals surface area (Å²) in [5.74, 6) is 0. The van der Waals surface area contributed by atoms with Crippen LogP contribution in [0.25, 0.3) is 0 Å². The number of benzene rings is 2. The smallest absolute Gasteiger partial charge is 0.0995 e. The van der Waals surface area contributed by atoms with Crippen LogP contribution >= 0.6 is 0 Å². The molecule has 0 fully saturated rings. The summed E-state index contributed by atoms with van der Waals surface area (Å²) < 4.78 is 0. The standard InChI is InChI=1S/C16H11N3/c1-19-15-6-5-11(9-17)7-13(15)8-14-12(10-18)3-2-4-16(14)19/h2-7H,8H2,1H3. The van der Waals surface area contributed by atoms with Crippen LogP contribution in [0.3, 0.4) is 0 Å². The molecule has 0 N–H and O–H groups in total. The van der Waals surface area contributed by atoms with Gasteiger partial charge in [-0.2, -0.15) is 10.5 Å². The molecule has 1 aliphatic rings. The molecule has 3 nitrogen and oxygen atoms in total. The van der Waals surface area contributed by atoms with Crippen molar-refractivity contribution < 1.29 is 0 Å². The normalized spacial score (nSPS) is 12.1. The van der Waals surface area contributed by atoms with Crippen LogP contribution in [0.2, 0.25) is 0 Å². The van der Waals surface area contributed by atoms with Crippen molar-refractivity contribution in [2.24, 2.45) is 0 Å². The molecule has 1 aliphatic heterocycles. The summed E-state index contributed by atoms with van der Waals surface area (Å²) in [7, 11) is 1.99. The molecule has 90 valence electrons. The maximum absolute atomic E-state index is 9.21. The third-order valence-electron chi connectivity index (χ3n) is 3.57. The molecule has 0 saturated carbocycles. The van der Waals surface area contributed by atoms with Crippen LogP contribution in [0.5, 0.6) is 0 Å². The largest absolute Gasteiger partial charge is 0.344 e. The van der Waals surface area contributed by atoms with Gasteiger partial charge in [0, 0.05) is 24.8 Å². The van der Waals surface area contributed by atoms with Gasteiger partial charge in [0.1, 0.15) is 0 Å². The maximum Gasteiger partial charge on any atom is 0.0995 e. The van der Waals surface area contributed by atoms with Crippen LogP contribution in [0.1, 0.15) is 22.3 Å². The topological polar surface area (TPSA) is 50.8 Å². The average Bonchev–Trinajstić information content (AvgIpc) is 2.46. The minimum absolute atomic E-state index is 0.657. The van der Waals surface area contributed by atoms with Crippen LogP contribution in [0.4, 0.5) is 11.4 Å². The molecule has 0 amide bonds. The molecule has 2 aromatic rings. The maximum atomic E-state index is 9.21. The number of nitriles is 2. The van der Waals surface area contributed by atoms with E-state index in [2.05, 4.69) is 17.0 Å². The third-order valence-corrected chi connectivity index (χ3v) is 3.57.